The maximum Gasteiger partial charge on any atom is 0.235 e. The van der Waals surface area contributed by atoms with Crippen LogP contribution in [-0.4, -0.2) is 26.9 Å². The van der Waals surface area contributed by atoms with Gasteiger partial charge in [0.1, 0.15) is 0 Å². The molecule has 0 atom stereocenters. The normalized spacial score (nSPS) is 17.6. The summed E-state index contributed by atoms with van der Waals surface area (Å²) in [6.45, 7) is 2.84. The van der Waals surface area contributed by atoms with Crippen LogP contribution in [0.15, 0.2) is 18.2 Å². The summed E-state index contributed by atoms with van der Waals surface area (Å²) in [5, 5.41) is -0.372. The lowest BCUT2D eigenvalue weighted by atomic mass is 10.2. The van der Waals surface area contributed by atoms with Gasteiger partial charge in [0.15, 0.2) is 0 Å². The molecule has 0 saturated carbocycles. The van der Waals surface area contributed by atoms with E-state index in [-0.39, 0.29) is 5.25 Å². The number of ether oxygens (including phenoxy) is 1. The van der Waals surface area contributed by atoms with Crippen LogP contribution in [0.4, 0.5) is 11.4 Å². The molecule has 1 aromatic rings. The second-order valence-corrected chi connectivity index (χ2v) is 6.49. The number of nitrogens with one attached hydrogen (secondary N) is 1. The average Bonchev–Trinajstić information content (AvgIpc) is 2.34. The molecule has 1 heterocycles. The molecule has 0 radical (unpaired) electrons. The zero-order valence-corrected chi connectivity index (χ0v) is 11.2. The van der Waals surface area contributed by atoms with Crippen molar-refractivity contribution in [1.82, 2.24) is 0 Å². The third-order valence-electron chi connectivity index (χ3n) is 3.11. The van der Waals surface area contributed by atoms with Crippen molar-refractivity contribution in [2.45, 2.75) is 25.0 Å². The number of nitrogens with two attached hydrogens (primary N) is 1. The highest BCUT2D eigenvalue weighted by atomic mass is 32.2. The number of hydrogen-bond donors (Lipinski definition) is 2. The molecule has 5 nitrogen and oxygen atoms in total. The third-order valence-corrected chi connectivity index (χ3v) is 4.96. The smallest absolute Gasteiger partial charge is 0.235 e. The molecule has 3 N–H and O–H groups in total. The number of hydrogen-bond acceptors (Lipinski definition) is 4. The highest BCUT2D eigenvalue weighted by molar-refractivity contribution is 7.93. The van der Waals surface area contributed by atoms with Crippen molar-refractivity contribution in [2.24, 2.45) is 0 Å². The highest BCUT2D eigenvalue weighted by Crippen LogP contribution is 2.23. The van der Waals surface area contributed by atoms with Gasteiger partial charge in [-0.2, -0.15) is 0 Å². The van der Waals surface area contributed by atoms with Gasteiger partial charge in [-0.25, -0.2) is 8.42 Å². The van der Waals surface area contributed by atoms with Gasteiger partial charge < -0.3 is 10.5 Å². The first-order valence-electron chi connectivity index (χ1n) is 5.94. The molecule has 100 valence electrons. The van der Waals surface area contributed by atoms with Crippen LogP contribution in [0, 0.1) is 6.92 Å². The molecule has 0 unspecified atom stereocenters. The lowest BCUT2D eigenvalue weighted by Gasteiger charge is -2.23. The van der Waals surface area contributed by atoms with Crippen LogP contribution in [0.2, 0.25) is 0 Å². The molecule has 0 spiro atoms. The van der Waals surface area contributed by atoms with Crippen molar-refractivity contribution in [3.05, 3.63) is 23.8 Å². The van der Waals surface area contributed by atoms with Gasteiger partial charge in [-0.3, -0.25) is 4.72 Å². The Kier molecular flexibility index (Phi) is 3.77. The van der Waals surface area contributed by atoms with Crippen LogP contribution in [0.3, 0.4) is 0 Å². The van der Waals surface area contributed by atoms with Gasteiger partial charge in [-0.1, -0.05) is 0 Å². The summed E-state index contributed by atoms with van der Waals surface area (Å²) in [5.74, 6) is 0. The minimum Gasteiger partial charge on any atom is -0.399 e. The second-order valence-electron chi connectivity index (χ2n) is 4.53. The van der Waals surface area contributed by atoms with Crippen LogP contribution in [0.1, 0.15) is 18.4 Å². The van der Waals surface area contributed by atoms with Crippen molar-refractivity contribution in [3.63, 3.8) is 0 Å². The number of sulfonamides is 1. The Morgan fingerprint density at radius 1 is 1.33 bits per heavy atom. The van der Waals surface area contributed by atoms with Gasteiger partial charge in [0.2, 0.25) is 10.0 Å². The first kappa shape index (κ1) is 13.2. The van der Waals surface area contributed by atoms with Crippen LogP contribution in [0.5, 0.6) is 0 Å². The molecule has 18 heavy (non-hydrogen) atoms. The highest BCUT2D eigenvalue weighted by Gasteiger charge is 2.27. The summed E-state index contributed by atoms with van der Waals surface area (Å²) in [6, 6.07) is 5.14. The Hall–Kier alpha value is -1.27. The first-order chi connectivity index (χ1) is 8.49. The van der Waals surface area contributed by atoms with Gasteiger partial charge in [0.25, 0.3) is 0 Å². The maximum absolute atomic E-state index is 12.2. The molecule has 2 rings (SSSR count). The summed E-state index contributed by atoms with van der Waals surface area (Å²) in [6.07, 6.45) is 1.09. The molecule has 0 aromatic heterocycles. The van der Waals surface area contributed by atoms with Crippen molar-refractivity contribution in [1.29, 1.82) is 0 Å². The Morgan fingerprint density at radius 3 is 2.61 bits per heavy atom. The fourth-order valence-electron chi connectivity index (χ4n) is 2.02. The minimum atomic E-state index is -3.34. The van der Waals surface area contributed by atoms with E-state index in [1.165, 1.54) is 0 Å². The molecule has 0 aliphatic carbocycles. The zero-order valence-electron chi connectivity index (χ0n) is 10.3. The van der Waals surface area contributed by atoms with E-state index < -0.39 is 10.0 Å². The number of aryl methyl sites for hydroxylation is 1. The molecule has 1 saturated heterocycles. The topological polar surface area (TPSA) is 81.4 Å². The summed E-state index contributed by atoms with van der Waals surface area (Å²) in [7, 11) is -3.34. The molecular formula is C12H18N2O3S. The molecule has 1 aliphatic heterocycles. The van der Waals surface area contributed by atoms with Crippen molar-refractivity contribution in [3.8, 4) is 0 Å². The summed E-state index contributed by atoms with van der Waals surface area (Å²) < 4.78 is 32.2. The number of nitrogen functional groups attached to an aromatic ring is 1. The zero-order chi connectivity index (χ0) is 13.2. The van der Waals surface area contributed by atoms with E-state index in [4.69, 9.17) is 10.5 Å². The van der Waals surface area contributed by atoms with E-state index in [0.29, 0.717) is 37.4 Å². The predicted octanol–water partition coefficient (Wildman–Crippen LogP) is 1.50. The maximum atomic E-state index is 12.2. The summed E-state index contributed by atoms with van der Waals surface area (Å²) in [5.41, 5.74) is 7.68. The van der Waals surface area contributed by atoms with E-state index in [2.05, 4.69) is 4.72 Å². The van der Waals surface area contributed by atoms with E-state index in [1.54, 1.807) is 18.2 Å². The molecule has 1 aromatic carbocycles. The SMILES string of the molecule is Cc1cc(N)ccc1NS(=O)(=O)C1CCOCC1. The Morgan fingerprint density at radius 2 is 2.00 bits per heavy atom. The molecule has 1 fully saturated rings. The van der Waals surface area contributed by atoms with E-state index >= 15 is 0 Å². The van der Waals surface area contributed by atoms with Gasteiger partial charge in [0.05, 0.1) is 10.9 Å². The van der Waals surface area contributed by atoms with E-state index in [1.807, 2.05) is 6.92 Å². The number of benzene rings is 1. The first-order valence-corrected chi connectivity index (χ1v) is 7.49. The number of rotatable bonds is 3. The molecular weight excluding hydrogens is 252 g/mol. The quantitative estimate of drug-likeness (QED) is 0.815. The third kappa shape index (κ3) is 2.94. The van der Waals surface area contributed by atoms with E-state index in [0.717, 1.165) is 5.56 Å². The average molecular weight is 270 g/mol. The van der Waals surface area contributed by atoms with Crippen LogP contribution >= 0.6 is 0 Å². The van der Waals surface area contributed by atoms with Crippen LogP contribution in [-0.2, 0) is 14.8 Å². The number of anilines is 2. The molecule has 0 bridgehead atoms. The molecule has 6 heteroatoms. The van der Waals surface area contributed by atoms with E-state index in [9.17, 15) is 8.42 Å². The second kappa shape index (κ2) is 5.16. The Bertz CT molecular complexity index is 522. The fraction of sp³-hybridized carbons (Fsp3) is 0.500. The largest absolute Gasteiger partial charge is 0.399 e. The van der Waals surface area contributed by atoms with Gasteiger partial charge in [-0.05, 0) is 43.5 Å². The lowest BCUT2D eigenvalue weighted by Crippen LogP contribution is -2.33. The standard InChI is InChI=1S/C12H18N2O3S/c1-9-8-10(13)2-3-12(9)14-18(15,16)11-4-6-17-7-5-11/h2-3,8,11,14H,4-7,13H2,1H3. The van der Waals surface area contributed by atoms with Gasteiger partial charge in [0, 0.05) is 18.9 Å². The minimum absolute atomic E-state index is 0.372. The van der Waals surface area contributed by atoms with Gasteiger partial charge in [-0.15, -0.1) is 0 Å². The monoisotopic (exact) mass is 270 g/mol. The summed E-state index contributed by atoms with van der Waals surface area (Å²) in [4.78, 5) is 0. The van der Waals surface area contributed by atoms with Gasteiger partial charge >= 0.3 is 0 Å². The van der Waals surface area contributed by atoms with Crippen molar-refractivity contribution < 1.29 is 13.2 Å². The molecule has 0 amide bonds. The van der Waals surface area contributed by atoms with Crippen LogP contribution < -0.4 is 10.5 Å². The lowest BCUT2D eigenvalue weighted by molar-refractivity contribution is 0.0984. The predicted molar refractivity (Wildman–Crippen MR) is 72.0 cm³/mol. The fourth-order valence-corrected chi connectivity index (χ4v) is 3.54. The Balaban J connectivity index is 2.16. The van der Waals surface area contributed by atoms with Crippen molar-refractivity contribution in [2.75, 3.05) is 23.7 Å². The van der Waals surface area contributed by atoms with Crippen molar-refractivity contribution >= 4 is 21.4 Å². The van der Waals surface area contributed by atoms with Crippen LogP contribution in [0.25, 0.3) is 0 Å². The summed E-state index contributed by atoms with van der Waals surface area (Å²) >= 11 is 0. The molecule has 1 aliphatic rings. The Labute approximate surface area is 107 Å².